The van der Waals surface area contributed by atoms with Crippen LogP contribution in [0, 0.1) is 0 Å². The molecule has 12 heteroatoms. The minimum Gasteiger partial charge on any atom is -0.477 e. The molecule has 2 amide bonds. The van der Waals surface area contributed by atoms with E-state index in [4.69, 9.17) is 23.2 Å². The van der Waals surface area contributed by atoms with Crippen LogP contribution in [0.1, 0.15) is 6.92 Å². The van der Waals surface area contributed by atoms with E-state index in [0.717, 1.165) is 16.7 Å². The third kappa shape index (κ3) is 4.88. The summed E-state index contributed by atoms with van der Waals surface area (Å²) in [6, 6.07) is 4.10. The molecule has 0 aromatic heterocycles. The van der Waals surface area contributed by atoms with Gasteiger partial charge in [0.05, 0.1) is 10.8 Å². The lowest BCUT2D eigenvalue weighted by Crippen LogP contribution is -2.70. The van der Waals surface area contributed by atoms with Gasteiger partial charge in [0.25, 0.3) is 5.91 Å². The van der Waals surface area contributed by atoms with Crippen molar-refractivity contribution in [3.8, 4) is 0 Å². The molecule has 0 radical (unpaired) electrons. The van der Waals surface area contributed by atoms with Crippen LogP contribution in [0.3, 0.4) is 0 Å². The van der Waals surface area contributed by atoms with Gasteiger partial charge in [-0.2, -0.15) is 0 Å². The van der Waals surface area contributed by atoms with Crippen LogP contribution >= 0.6 is 58.5 Å². The third-order valence-corrected chi connectivity index (χ3v) is 8.04. The van der Waals surface area contributed by atoms with Crippen molar-refractivity contribution < 1.29 is 24.3 Å². The molecule has 154 valence electrons. The number of benzene rings is 1. The van der Waals surface area contributed by atoms with Gasteiger partial charge in [0, 0.05) is 27.5 Å². The van der Waals surface area contributed by atoms with E-state index < -0.39 is 23.3 Å². The average molecular weight is 493 g/mol. The van der Waals surface area contributed by atoms with Gasteiger partial charge in [-0.25, -0.2) is 4.79 Å². The molecule has 0 unspecified atom stereocenters. The van der Waals surface area contributed by atoms with Crippen LogP contribution in [-0.2, 0) is 19.2 Å². The van der Waals surface area contributed by atoms with Crippen LogP contribution < -0.4 is 5.32 Å². The Morgan fingerprint density at radius 2 is 2.07 bits per heavy atom. The molecule has 0 bridgehead atoms. The van der Waals surface area contributed by atoms with Crippen LogP contribution in [0.5, 0.6) is 0 Å². The molecule has 1 saturated heterocycles. The highest BCUT2D eigenvalue weighted by atomic mass is 35.5. The summed E-state index contributed by atoms with van der Waals surface area (Å²) in [5.41, 5.74) is -0.190. The fourth-order valence-corrected chi connectivity index (χ4v) is 6.36. The van der Waals surface area contributed by atoms with Gasteiger partial charge in [0.1, 0.15) is 17.1 Å². The SMILES string of the molecule is CC(=O)SC1=C(C(=O)O)N2C(=O)[C@@H](NC(=O)CSc3cc(Cl)ccc3Cl)[C@H]2SC1. The lowest BCUT2D eigenvalue weighted by atomic mass is 10.1. The van der Waals surface area contributed by atoms with Crippen LogP contribution in [0.2, 0.25) is 10.0 Å². The molecule has 1 aromatic rings. The number of carboxylic acid groups (broad SMARTS) is 1. The highest BCUT2D eigenvalue weighted by Gasteiger charge is 2.54. The number of hydrogen-bond acceptors (Lipinski definition) is 7. The second-order valence-electron chi connectivity index (χ2n) is 5.99. The molecule has 1 aromatic carbocycles. The van der Waals surface area contributed by atoms with Gasteiger partial charge in [-0.3, -0.25) is 19.3 Å². The number of β-lactam (4-membered cyclic amide) rings is 1. The van der Waals surface area contributed by atoms with E-state index in [1.54, 1.807) is 18.2 Å². The lowest BCUT2D eigenvalue weighted by Gasteiger charge is -2.49. The third-order valence-electron chi connectivity index (χ3n) is 3.97. The number of amides is 2. The summed E-state index contributed by atoms with van der Waals surface area (Å²) in [5, 5.41) is 12.3. The molecule has 2 heterocycles. The van der Waals surface area contributed by atoms with Crippen molar-refractivity contribution in [2.24, 2.45) is 0 Å². The molecule has 2 aliphatic heterocycles. The van der Waals surface area contributed by atoms with Crippen molar-refractivity contribution >= 4 is 81.4 Å². The number of nitrogens with zero attached hydrogens (tertiary/aromatic N) is 1. The Morgan fingerprint density at radius 1 is 1.34 bits per heavy atom. The van der Waals surface area contributed by atoms with E-state index in [1.807, 2.05) is 0 Å². The molecular formula is C17H14Cl2N2O5S3. The number of hydrogen-bond donors (Lipinski definition) is 2. The zero-order valence-corrected chi connectivity index (χ0v) is 18.8. The summed E-state index contributed by atoms with van der Waals surface area (Å²) in [7, 11) is 0. The van der Waals surface area contributed by atoms with Gasteiger partial charge in [-0.15, -0.1) is 23.5 Å². The normalized spacial score (nSPS) is 20.8. The Balaban J connectivity index is 1.64. The summed E-state index contributed by atoms with van der Waals surface area (Å²) in [6.07, 6.45) is 0. The highest BCUT2D eigenvalue weighted by molar-refractivity contribution is 8.17. The van der Waals surface area contributed by atoms with E-state index >= 15 is 0 Å². The minimum absolute atomic E-state index is 0.0221. The number of halogens is 2. The van der Waals surface area contributed by atoms with Crippen LogP contribution in [-0.4, -0.2) is 55.8 Å². The number of nitrogens with one attached hydrogen (secondary N) is 1. The van der Waals surface area contributed by atoms with Gasteiger partial charge in [-0.05, 0) is 18.2 Å². The number of carboxylic acids is 1. The van der Waals surface area contributed by atoms with Crippen LogP contribution in [0.15, 0.2) is 33.7 Å². The Bertz CT molecular complexity index is 940. The summed E-state index contributed by atoms with van der Waals surface area (Å²) in [6.45, 7) is 1.33. The molecule has 0 spiro atoms. The number of fused-ring (bicyclic) bond motifs is 1. The molecule has 2 aliphatic rings. The first-order chi connectivity index (χ1) is 13.7. The molecule has 0 saturated carbocycles. The van der Waals surface area contributed by atoms with E-state index in [-0.39, 0.29) is 28.2 Å². The quantitative estimate of drug-likeness (QED) is 0.461. The Kier molecular flexibility index (Phi) is 7.10. The first-order valence-electron chi connectivity index (χ1n) is 8.15. The Hall–Kier alpha value is -1.33. The number of thioether (sulfide) groups is 3. The largest absolute Gasteiger partial charge is 0.477 e. The summed E-state index contributed by atoms with van der Waals surface area (Å²) in [4.78, 5) is 49.9. The van der Waals surface area contributed by atoms with Gasteiger partial charge >= 0.3 is 5.97 Å². The Labute approximate surface area is 188 Å². The van der Waals surface area contributed by atoms with Gasteiger partial charge in [-0.1, -0.05) is 35.0 Å². The van der Waals surface area contributed by atoms with E-state index in [2.05, 4.69) is 5.32 Å². The number of carbonyl (C=O) groups excluding carboxylic acids is 3. The predicted molar refractivity (Wildman–Crippen MR) is 115 cm³/mol. The van der Waals surface area contributed by atoms with Crippen molar-refractivity contribution in [1.29, 1.82) is 0 Å². The molecular weight excluding hydrogens is 479 g/mol. The maximum absolute atomic E-state index is 12.5. The second-order valence-corrected chi connectivity index (χ2v) is 10.2. The standard InChI is InChI=1S/C17H14Cl2N2O5S3/c1-7(22)29-11-5-28-16-13(15(24)21(16)14(11)17(25)26)20-12(23)6-27-10-4-8(18)2-3-9(10)19/h2-4,13,16H,5-6H2,1H3,(H,20,23)(H,25,26)/t13-,16-/m1/s1. The van der Waals surface area contributed by atoms with Gasteiger partial charge in [0.2, 0.25) is 5.91 Å². The maximum Gasteiger partial charge on any atom is 0.353 e. The molecule has 29 heavy (non-hydrogen) atoms. The smallest absolute Gasteiger partial charge is 0.353 e. The fraction of sp³-hybridized carbons (Fsp3) is 0.294. The van der Waals surface area contributed by atoms with E-state index in [0.29, 0.717) is 19.8 Å². The summed E-state index contributed by atoms with van der Waals surface area (Å²) >= 11 is 15.3. The average Bonchev–Trinajstić information content (AvgIpc) is 2.65. The Morgan fingerprint density at radius 3 is 2.72 bits per heavy atom. The minimum atomic E-state index is -1.27. The first kappa shape index (κ1) is 22.4. The number of aliphatic carboxylic acids is 1. The zero-order valence-electron chi connectivity index (χ0n) is 14.8. The van der Waals surface area contributed by atoms with E-state index in [1.165, 1.54) is 30.4 Å². The van der Waals surface area contributed by atoms with Gasteiger partial charge in [0.15, 0.2) is 5.12 Å². The van der Waals surface area contributed by atoms with E-state index in [9.17, 15) is 24.3 Å². The molecule has 1 fully saturated rings. The van der Waals surface area contributed by atoms with Crippen molar-refractivity contribution in [3.63, 3.8) is 0 Å². The van der Waals surface area contributed by atoms with Crippen LogP contribution in [0.4, 0.5) is 0 Å². The topological polar surface area (TPSA) is 104 Å². The van der Waals surface area contributed by atoms with Gasteiger partial charge < -0.3 is 10.4 Å². The monoisotopic (exact) mass is 492 g/mol. The fourth-order valence-electron chi connectivity index (χ4n) is 2.79. The zero-order chi connectivity index (χ0) is 21.3. The maximum atomic E-state index is 12.5. The summed E-state index contributed by atoms with van der Waals surface area (Å²) < 4.78 is 0. The summed E-state index contributed by atoms with van der Waals surface area (Å²) in [5.74, 6) is -1.87. The van der Waals surface area contributed by atoms with Crippen LogP contribution in [0.25, 0.3) is 0 Å². The number of rotatable bonds is 6. The van der Waals surface area contributed by atoms with Crippen molar-refractivity contribution in [3.05, 3.63) is 38.8 Å². The molecule has 2 N–H and O–H groups in total. The molecule has 2 atom stereocenters. The molecule has 0 aliphatic carbocycles. The lowest BCUT2D eigenvalue weighted by molar-refractivity contribution is -0.150. The predicted octanol–water partition coefficient (Wildman–Crippen LogP) is 3.06. The second kappa shape index (κ2) is 9.22. The van der Waals surface area contributed by atoms with Crippen molar-refractivity contribution in [2.45, 2.75) is 23.2 Å². The first-order valence-corrected chi connectivity index (χ1v) is 11.8. The number of carbonyl (C=O) groups is 4. The highest BCUT2D eigenvalue weighted by Crippen LogP contribution is 2.43. The molecule has 7 nitrogen and oxygen atoms in total. The molecule has 3 rings (SSSR count). The van der Waals surface area contributed by atoms with Crippen molar-refractivity contribution in [1.82, 2.24) is 10.2 Å². The van der Waals surface area contributed by atoms with Crippen molar-refractivity contribution in [2.75, 3.05) is 11.5 Å².